The molecule has 0 fully saturated rings. The summed E-state index contributed by atoms with van der Waals surface area (Å²) in [6.45, 7) is 3.43. The second-order valence-corrected chi connectivity index (χ2v) is 7.40. The minimum absolute atomic E-state index is 0.145. The van der Waals surface area contributed by atoms with E-state index in [0.29, 0.717) is 13.1 Å². The predicted molar refractivity (Wildman–Crippen MR) is 114 cm³/mol. The van der Waals surface area contributed by atoms with Crippen LogP contribution in [0.4, 0.5) is 11.4 Å². The molecule has 0 bridgehead atoms. The van der Waals surface area contributed by atoms with Crippen molar-refractivity contribution in [2.75, 3.05) is 29.9 Å². The summed E-state index contributed by atoms with van der Waals surface area (Å²) in [4.78, 5) is 5.53. The SMILES string of the molecule is Cc1cc2c(OCC(O)CN3c4ccccc4NC3CCCN)cccc2[nH]1. The van der Waals surface area contributed by atoms with Gasteiger partial charge in [-0.15, -0.1) is 0 Å². The Kier molecular flexibility index (Phi) is 5.41. The van der Waals surface area contributed by atoms with E-state index in [0.717, 1.165) is 46.6 Å². The van der Waals surface area contributed by atoms with E-state index in [1.165, 1.54) is 0 Å². The monoisotopic (exact) mass is 380 g/mol. The maximum absolute atomic E-state index is 10.7. The van der Waals surface area contributed by atoms with Crippen molar-refractivity contribution in [2.24, 2.45) is 5.73 Å². The number of aliphatic hydroxyl groups is 1. The number of hydrogen-bond donors (Lipinski definition) is 4. The number of benzene rings is 2. The number of hydrogen-bond acceptors (Lipinski definition) is 5. The number of nitrogens with one attached hydrogen (secondary N) is 2. The average molecular weight is 380 g/mol. The van der Waals surface area contributed by atoms with Crippen molar-refractivity contribution in [2.45, 2.75) is 32.0 Å². The number of aromatic nitrogens is 1. The molecule has 0 radical (unpaired) electrons. The molecule has 0 amide bonds. The van der Waals surface area contributed by atoms with Gasteiger partial charge in [-0.2, -0.15) is 0 Å². The van der Waals surface area contributed by atoms with Crippen molar-refractivity contribution >= 4 is 22.3 Å². The molecule has 1 aliphatic heterocycles. The highest BCUT2D eigenvalue weighted by Crippen LogP contribution is 2.35. The number of H-pyrrole nitrogens is 1. The number of anilines is 2. The fourth-order valence-corrected chi connectivity index (χ4v) is 3.89. The zero-order chi connectivity index (χ0) is 19.5. The second kappa shape index (κ2) is 8.12. The number of aromatic amines is 1. The van der Waals surface area contributed by atoms with E-state index in [2.05, 4.69) is 33.4 Å². The van der Waals surface area contributed by atoms with E-state index in [1.54, 1.807) is 0 Å². The van der Waals surface area contributed by atoms with Crippen LogP contribution in [0, 0.1) is 6.92 Å². The highest BCUT2D eigenvalue weighted by atomic mass is 16.5. The summed E-state index contributed by atoms with van der Waals surface area (Å²) in [6.07, 6.45) is 1.40. The maximum Gasteiger partial charge on any atom is 0.128 e. The van der Waals surface area contributed by atoms with Crippen molar-refractivity contribution in [3.05, 3.63) is 54.2 Å². The molecule has 0 spiro atoms. The molecule has 3 aromatic rings. The lowest BCUT2D eigenvalue weighted by Crippen LogP contribution is -2.42. The molecule has 148 valence electrons. The molecular weight excluding hydrogens is 352 g/mol. The smallest absolute Gasteiger partial charge is 0.128 e. The zero-order valence-electron chi connectivity index (χ0n) is 16.2. The van der Waals surface area contributed by atoms with Crippen LogP contribution in [-0.2, 0) is 0 Å². The molecule has 6 nitrogen and oxygen atoms in total. The lowest BCUT2D eigenvalue weighted by atomic mass is 10.2. The molecule has 4 rings (SSSR count). The molecule has 0 saturated carbocycles. The summed E-state index contributed by atoms with van der Waals surface area (Å²) in [5.74, 6) is 0.792. The first-order valence-corrected chi connectivity index (χ1v) is 9.87. The summed E-state index contributed by atoms with van der Waals surface area (Å²) < 4.78 is 5.97. The Hall–Kier alpha value is -2.70. The first kappa shape index (κ1) is 18.7. The summed E-state index contributed by atoms with van der Waals surface area (Å²) in [5.41, 5.74) is 10.1. The first-order chi connectivity index (χ1) is 13.7. The van der Waals surface area contributed by atoms with Crippen LogP contribution < -0.4 is 20.7 Å². The Morgan fingerprint density at radius 3 is 2.93 bits per heavy atom. The molecule has 1 aromatic heterocycles. The highest BCUT2D eigenvalue weighted by molar-refractivity contribution is 5.86. The summed E-state index contributed by atoms with van der Waals surface area (Å²) >= 11 is 0. The lowest BCUT2D eigenvalue weighted by Gasteiger charge is -2.29. The average Bonchev–Trinajstić information content (AvgIpc) is 3.24. The lowest BCUT2D eigenvalue weighted by molar-refractivity contribution is 0.112. The molecule has 2 aromatic carbocycles. The van der Waals surface area contributed by atoms with Crippen molar-refractivity contribution < 1.29 is 9.84 Å². The van der Waals surface area contributed by atoms with Gasteiger partial charge in [0.25, 0.3) is 0 Å². The number of aliphatic hydroxyl groups excluding tert-OH is 1. The van der Waals surface area contributed by atoms with Crippen molar-refractivity contribution in [1.29, 1.82) is 0 Å². The van der Waals surface area contributed by atoms with Crippen LogP contribution >= 0.6 is 0 Å². The number of para-hydroxylation sites is 2. The van der Waals surface area contributed by atoms with Crippen LogP contribution in [0.25, 0.3) is 10.9 Å². The Morgan fingerprint density at radius 2 is 2.07 bits per heavy atom. The largest absolute Gasteiger partial charge is 0.490 e. The highest BCUT2D eigenvalue weighted by Gasteiger charge is 2.29. The van der Waals surface area contributed by atoms with Crippen LogP contribution in [0.1, 0.15) is 18.5 Å². The van der Waals surface area contributed by atoms with E-state index in [-0.39, 0.29) is 12.8 Å². The molecule has 5 N–H and O–H groups in total. The normalized spacial score (nSPS) is 16.8. The van der Waals surface area contributed by atoms with Crippen LogP contribution in [0.5, 0.6) is 5.75 Å². The van der Waals surface area contributed by atoms with Gasteiger partial charge in [0.15, 0.2) is 0 Å². The van der Waals surface area contributed by atoms with Gasteiger partial charge in [-0.05, 0) is 56.6 Å². The Labute approximate surface area is 165 Å². The van der Waals surface area contributed by atoms with Crippen molar-refractivity contribution in [1.82, 2.24) is 4.98 Å². The van der Waals surface area contributed by atoms with Gasteiger partial charge in [-0.1, -0.05) is 18.2 Å². The standard InChI is InChI=1S/C22H28N4O2/c1-15-12-17-18(24-15)7-4-9-21(17)28-14-16(27)13-26-20-8-3-2-6-19(20)25-22(26)10-5-11-23/h2-4,6-9,12,16,22,24-25,27H,5,10-11,13-14,23H2,1H3. The third-order valence-electron chi connectivity index (χ3n) is 5.19. The molecule has 2 heterocycles. The van der Waals surface area contributed by atoms with Gasteiger partial charge in [0.05, 0.1) is 17.5 Å². The van der Waals surface area contributed by atoms with Gasteiger partial charge in [0.1, 0.15) is 18.5 Å². The van der Waals surface area contributed by atoms with Gasteiger partial charge in [-0.25, -0.2) is 0 Å². The summed E-state index contributed by atoms with van der Waals surface area (Å²) in [5, 5.41) is 15.3. The van der Waals surface area contributed by atoms with Crippen LogP contribution in [-0.4, -0.2) is 42.1 Å². The maximum atomic E-state index is 10.7. The third kappa shape index (κ3) is 3.79. The molecular formula is C22H28N4O2. The molecule has 6 heteroatoms. The van der Waals surface area contributed by atoms with E-state index in [1.807, 2.05) is 37.3 Å². The van der Waals surface area contributed by atoms with Gasteiger partial charge < -0.3 is 30.8 Å². The van der Waals surface area contributed by atoms with E-state index in [4.69, 9.17) is 10.5 Å². The summed E-state index contributed by atoms with van der Waals surface area (Å²) in [6, 6.07) is 16.2. The minimum Gasteiger partial charge on any atom is -0.490 e. The van der Waals surface area contributed by atoms with E-state index in [9.17, 15) is 5.11 Å². The van der Waals surface area contributed by atoms with Crippen LogP contribution in [0.2, 0.25) is 0 Å². The van der Waals surface area contributed by atoms with Crippen molar-refractivity contribution in [3.63, 3.8) is 0 Å². The number of ether oxygens (including phenoxy) is 1. The number of rotatable bonds is 8. The van der Waals surface area contributed by atoms with Gasteiger partial charge in [-0.3, -0.25) is 0 Å². The van der Waals surface area contributed by atoms with Gasteiger partial charge >= 0.3 is 0 Å². The van der Waals surface area contributed by atoms with E-state index >= 15 is 0 Å². The topological polar surface area (TPSA) is 86.5 Å². The van der Waals surface area contributed by atoms with Crippen LogP contribution in [0.3, 0.4) is 0 Å². The number of nitrogens with two attached hydrogens (primary N) is 1. The molecule has 28 heavy (non-hydrogen) atoms. The first-order valence-electron chi connectivity index (χ1n) is 9.87. The predicted octanol–water partition coefficient (Wildman–Crippen LogP) is 3.21. The number of β-amino-alcohol motifs (C(OH)–C–C–N with tert-alkyl or cyclic N) is 1. The molecule has 2 atom stereocenters. The molecule has 1 aliphatic rings. The van der Waals surface area contributed by atoms with Crippen LogP contribution in [0.15, 0.2) is 48.5 Å². The number of aryl methyl sites for hydroxylation is 1. The fourth-order valence-electron chi connectivity index (χ4n) is 3.89. The quantitative estimate of drug-likeness (QED) is 0.482. The summed E-state index contributed by atoms with van der Waals surface area (Å²) in [7, 11) is 0. The fraction of sp³-hybridized carbons (Fsp3) is 0.364. The van der Waals surface area contributed by atoms with E-state index < -0.39 is 6.10 Å². The van der Waals surface area contributed by atoms with Gasteiger partial charge in [0.2, 0.25) is 0 Å². The zero-order valence-corrected chi connectivity index (χ0v) is 16.2. The van der Waals surface area contributed by atoms with Crippen molar-refractivity contribution in [3.8, 4) is 5.75 Å². The number of nitrogens with zero attached hydrogens (tertiary/aromatic N) is 1. The molecule has 0 aliphatic carbocycles. The minimum atomic E-state index is -0.608. The Bertz CT molecular complexity index is 939. The molecule has 0 saturated heterocycles. The Balaban J connectivity index is 1.43. The Morgan fingerprint density at radius 1 is 1.21 bits per heavy atom. The van der Waals surface area contributed by atoms with Gasteiger partial charge in [0, 0.05) is 23.1 Å². The second-order valence-electron chi connectivity index (χ2n) is 7.40. The number of fused-ring (bicyclic) bond motifs is 2. The third-order valence-corrected chi connectivity index (χ3v) is 5.19. The molecule has 2 unspecified atom stereocenters.